The number of fused-ring (bicyclic) bond motifs is 1. The lowest BCUT2D eigenvalue weighted by Gasteiger charge is -2.10. The summed E-state index contributed by atoms with van der Waals surface area (Å²) in [5, 5.41) is 7.74. The molecule has 1 aliphatic heterocycles. The maximum atomic E-state index is 4.34. The Morgan fingerprint density at radius 2 is 2.00 bits per heavy atom. The summed E-state index contributed by atoms with van der Waals surface area (Å²) >= 11 is 0. The number of rotatable bonds is 2. The second-order valence-corrected chi connectivity index (χ2v) is 3.82. The first-order valence-corrected chi connectivity index (χ1v) is 4.77. The number of benzene rings is 1. The van der Waals surface area contributed by atoms with Crippen LogP contribution in [0.5, 0.6) is 0 Å². The topological polar surface area (TPSA) is 26.1 Å². The first-order chi connectivity index (χ1) is 6.25. The minimum Gasteiger partial charge on any atom is -0.383 e. The smallest absolute Gasteiger partial charge is 0.0392 e. The van der Waals surface area contributed by atoms with Gasteiger partial charge in [0, 0.05) is 24.8 Å². The third-order valence-corrected chi connectivity index (χ3v) is 2.23. The zero-order valence-electron chi connectivity index (χ0n) is 8.17. The van der Waals surface area contributed by atoms with Crippen molar-refractivity contribution in [3.63, 3.8) is 0 Å². The second kappa shape index (κ2) is 3.38. The van der Waals surface area contributed by atoms with E-state index < -0.39 is 0 Å². The monoisotopic (exact) mass is 175 g/mol. The highest BCUT2D eigenvalue weighted by molar-refractivity contribution is 5.50. The van der Waals surface area contributed by atoms with Crippen LogP contribution in [0.25, 0.3) is 0 Å². The summed E-state index contributed by atoms with van der Waals surface area (Å²) in [5.41, 5.74) is 3.98. The lowest BCUT2D eigenvalue weighted by Crippen LogP contribution is -2.09. The zero-order chi connectivity index (χ0) is 9.26. The predicted molar refractivity (Wildman–Crippen MR) is 54.7 cm³/mol. The fourth-order valence-corrected chi connectivity index (χ4v) is 1.65. The molecule has 0 aliphatic carbocycles. The molecular formula is C11H15N2. The third kappa shape index (κ3) is 1.83. The standard InChI is InChI=1S/C11H15N2/c1-8(2)13-11-4-3-9-6-12-7-10(9)5-11/h3-5,8,13H,6-7H2,1-2H3. The van der Waals surface area contributed by atoms with E-state index in [1.165, 1.54) is 16.8 Å². The Balaban J connectivity index is 2.21. The molecule has 0 spiro atoms. The molecule has 2 rings (SSSR count). The molecule has 1 aromatic rings. The van der Waals surface area contributed by atoms with Crippen molar-refractivity contribution in [1.82, 2.24) is 5.32 Å². The number of hydrogen-bond donors (Lipinski definition) is 1. The van der Waals surface area contributed by atoms with E-state index in [4.69, 9.17) is 0 Å². The first-order valence-electron chi connectivity index (χ1n) is 4.77. The van der Waals surface area contributed by atoms with Crippen molar-refractivity contribution in [2.45, 2.75) is 33.0 Å². The summed E-state index contributed by atoms with van der Waals surface area (Å²) in [7, 11) is 0. The van der Waals surface area contributed by atoms with Gasteiger partial charge in [0.15, 0.2) is 0 Å². The Hall–Kier alpha value is -1.02. The van der Waals surface area contributed by atoms with E-state index in [-0.39, 0.29) is 0 Å². The number of nitrogens with zero attached hydrogens (tertiary/aromatic N) is 1. The van der Waals surface area contributed by atoms with Crippen LogP contribution >= 0.6 is 0 Å². The van der Waals surface area contributed by atoms with Gasteiger partial charge in [-0.25, -0.2) is 5.32 Å². The van der Waals surface area contributed by atoms with Gasteiger partial charge in [-0.3, -0.25) is 0 Å². The Kier molecular flexibility index (Phi) is 2.23. The molecule has 2 nitrogen and oxygen atoms in total. The minimum atomic E-state index is 0.497. The normalized spacial score (nSPS) is 14.7. The maximum Gasteiger partial charge on any atom is 0.0392 e. The summed E-state index contributed by atoms with van der Waals surface area (Å²) in [6, 6.07) is 7.03. The average Bonchev–Trinajstić information content (AvgIpc) is 2.49. The maximum absolute atomic E-state index is 4.34. The van der Waals surface area contributed by atoms with Crippen molar-refractivity contribution in [2.75, 3.05) is 5.32 Å². The van der Waals surface area contributed by atoms with E-state index in [2.05, 4.69) is 42.7 Å². The lowest BCUT2D eigenvalue weighted by molar-refractivity contribution is 0.746. The van der Waals surface area contributed by atoms with Gasteiger partial charge in [0.2, 0.25) is 0 Å². The SMILES string of the molecule is CC(C)Nc1ccc2c(c1)C[N]C2. The molecule has 0 fully saturated rings. The molecule has 0 aromatic heterocycles. The van der Waals surface area contributed by atoms with E-state index >= 15 is 0 Å². The molecule has 0 unspecified atom stereocenters. The number of anilines is 1. The van der Waals surface area contributed by atoms with Crippen molar-refractivity contribution < 1.29 is 0 Å². The van der Waals surface area contributed by atoms with Gasteiger partial charge in [-0.15, -0.1) is 0 Å². The quantitative estimate of drug-likeness (QED) is 0.732. The molecule has 2 heteroatoms. The molecule has 1 aliphatic rings. The minimum absolute atomic E-state index is 0.497. The van der Waals surface area contributed by atoms with Crippen LogP contribution in [0.1, 0.15) is 25.0 Å². The molecule has 0 amide bonds. The highest BCUT2D eigenvalue weighted by Crippen LogP contribution is 2.21. The van der Waals surface area contributed by atoms with Crippen molar-refractivity contribution in [2.24, 2.45) is 0 Å². The summed E-state index contributed by atoms with van der Waals surface area (Å²) in [5.74, 6) is 0. The highest BCUT2D eigenvalue weighted by Gasteiger charge is 2.10. The second-order valence-electron chi connectivity index (χ2n) is 3.82. The molecular weight excluding hydrogens is 160 g/mol. The van der Waals surface area contributed by atoms with Crippen LogP contribution in [0.15, 0.2) is 18.2 Å². The largest absolute Gasteiger partial charge is 0.383 e. The number of hydrogen-bond acceptors (Lipinski definition) is 1. The van der Waals surface area contributed by atoms with Gasteiger partial charge in [0.25, 0.3) is 0 Å². The van der Waals surface area contributed by atoms with Gasteiger partial charge in [-0.05, 0) is 37.1 Å². The highest BCUT2D eigenvalue weighted by atomic mass is 14.9. The summed E-state index contributed by atoms with van der Waals surface area (Å²) < 4.78 is 0. The predicted octanol–water partition coefficient (Wildman–Crippen LogP) is 2.12. The van der Waals surface area contributed by atoms with Gasteiger partial charge in [-0.2, -0.15) is 0 Å². The van der Waals surface area contributed by atoms with Gasteiger partial charge in [0.1, 0.15) is 0 Å². The summed E-state index contributed by atoms with van der Waals surface area (Å²) in [6.07, 6.45) is 0. The number of nitrogens with one attached hydrogen (secondary N) is 1. The van der Waals surface area contributed by atoms with E-state index in [9.17, 15) is 0 Å². The van der Waals surface area contributed by atoms with Crippen LogP contribution in [0.4, 0.5) is 5.69 Å². The molecule has 1 radical (unpaired) electrons. The molecule has 0 saturated carbocycles. The molecule has 69 valence electrons. The summed E-state index contributed by atoms with van der Waals surface area (Å²) in [6.45, 7) is 6.09. The third-order valence-electron chi connectivity index (χ3n) is 2.23. The van der Waals surface area contributed by atoms with Crippen molar-refractivity contribution >= 4 is 5.69 Å². The summed E-state index contributed by atoms with van der Waals surface area (Å²) in [4.78, 5) is 0. The fourth-order valence-electron chi connectivity index (χ4n) is 1.65. The Morgan fingerprint density at radius 3 is 2.77 bits per heavy atom. The lowest BCUT2D eigenvalue weighted by atomic mass is 10.1. The van der Waals surface area contributed by atoms with Crippen LogP contribution in [0.3, 0.4) is 0 Å². The van der Waals surface area contributed by atoms with Crippen LogP contribution in [-0.4, -0.2) is 6.04 Å². The molecule has 0 saturated heterocycles. The van der Waals surface area contributed by atoms with Gasteiger partial charge in [0.05, 0.1) is 0 Å². The van der Waals surface area contributed by atoms with Crippen molar-refractivity contribution in [3.8, 4) is 0 Å². The zero-order valence-corrected chi connectivity index (χ0v) is 8.17. The fraction of sp³-hybridized carbons (Fsp3) is 0.455. The molecule has 1 aromatic carbocycles. The Labute approximate surface area is 79.4 Å². The molecule has 1 N–H and O–H groups in total. The molecule has 0 atom stereocenters. The van der Waals surface area contributed by atoms with Crippen LogP contribution in [-0.2, 0) is 13.1 Å². The molecule has 1 heterocycles. The molecule has 0 bridgehead atoms. The van der Waals surface area contributed by atoms with E-state index in [0.29, 0.717) is 6.04 Å². The van der Waals surface area contributed by atoms with E-state index in [0.717, 1.165) is 13.1 Å². The van der Waals surface area contributed by atoms with Crippen molar-refractivity contribution in [3.05, 3.63) is 29.3 Å². The Bertz CT molecular complexity index is 305. The van der Waals surface area contributed by atoms with Crippen LogP contribution < -0.4 is 10.6 Å². The van der Waals surface area contributed by atoms with Crippen molar-refractivity contribution in [1.29, 1.82) is 0 Å². The van der Waals surface area contributed by atoms with E-state index in [1.807, 2.05) is 0 Å². The van der Waals surface area contributed by atoms with E-state index in [1.54, 1.807) is 0 Å². The van der Waals surface area contributed by atoms with Gasteiger partial charge >= 0.3 is 0 Å². The van der Waals surface area contributed by atoms with Crippen LogP contribution in [0.2, 0.25) is 0 Å². The molecule has 13 heavy (non-hydrogen) atoms. The Morgan fingerprint density at radius 1 is 1.23 bits per heavy atom. The van der Waals surface area contributed by atoms with Gasteiger partial charge in [-0.1, -0.05) is 6.07 Å². The van der Waals surface area contributed by atoms with Gasteiger partial charge < -0.3 is 5.32 Å². The van der Waals surface area contributed by atoms with Crippen LogP contribution in [0, 0.1) is 0 Å². The average molecular weight is 175 g/mol. The first kappa shape index (κ1) is 8.57.